The maximum Gasteiger partial charge on any atom is 0.258 e. The number of hydrogen-bond acceptors (Lipinski definition) is 3. The van der Waals surface area contributed by atoms with Crippen molar-refractivity contribution in [3.05, 3.63) is 36.4 Å². The lowest BCUT2D eigenvalue weighted by Crippen LogP contribution is -2.35. The lowest BCUT2D eigenvalue weighted by Gasteiger charge is -2.10. The summed E-state index contributed by atoms with van der Waals surface area (Å²) in [5, 5.41) is 29.8. The molecule has 0 aliphatic rings. The van der Waals surface area contributed by atoms with E-state index in [-0.39, 0.29) is 11.5 Å². The lowest BCUT2D eigenvalue weighted by atomic mass is 10.2. The number of nitrogens with zero attached hydrogens (tertiary/aromatic N) is 3. The van der Waals surface area contributed by atoms with Gasteiger partial charge in [0.25, 0.3) is 5.82 Å². The van der Waals surface area contributed by atoms with Crippen LogP contribution >= 0.6 is 0 Å². The Morgan fingerprint density at radius 2 is 2.28 bits per heavy atom. The Morgan fingerprint density at radius 3 is 3.00 bits per heavy atom. The Morgan fingerprint density at radius 1 is 1.50 bits per heavy atom. The molecular weight excluding hydrogens is 230 g/mol. The van der Waals surface area contributed by atoms with Crippen molar-refractivity contribution in [1.82, 2.24) is 4.57 Å². The quantitative estimate of drug-likeness (QED) is 0.809. The molecule has 1 aromatic carbocycles. The normalized spacial score (nSPS) is 10.2. The number of hydrogen-bond donors (Lipinski definition) is 1. The second-order valence-electron chi connectivity index (χ2n) is 3.97. The van der Waals surface area contributed by atoms with Crippen molar-refractivity contribution in [2.45, 2.75) is 19.9 Å². The number of phenolic OH excluding ortho intramolecular Hbond substituents is 1. The Hall–Kier alpha value is -2.48. The first kappa shape index (κ1) is 12.0. The zero-order valence-electron chi connectivity index (χ0n) is 10.00. The molecule has 1 heterocycles. The molecule has 92 valence electrons. The first-order valence-corrected chi connectivity index (χ1v) is 5.58. The highest BCUT2D eigenvalue weighted by molar-refractivity contribution is 5.49. The minimum atomic E-state index is -0.154. The number of nitriles is 1. The molecular formula is C13H13N3O2. The van der Waals surface area contributed by atoms with E-state index in [1.807, 2.05) is 17.7 Å². The minimum Gasteiger partial charge on any atom is -0.870 e. The van der Waals surface area contributed by atoms with Gasteiger partial charge in [0.2, 0.25) is 0 Å². The fourth-order valence-corrected chi connectivity index (χ4v) is 1.86. The van der Waals surface area contributed by atoms with Crippen molar-refractivity contribution in [3.8, 4) is 23.3 Å². The van der Waals surface area contributed by atoms with Crippen LogP contribution in [0.15, 0.2) is 30.6 Å². The monoisotopic (exact) mass is 243 g/mol. The van der Waals surface area contributed by atoms with Gasteiger partial charge in [-0.2, -0.15) is 5.26 Å². The third-order valence-electron chi connectivity index (χ3n) is 2.83. The van der Waals surface area contributed by atoms with Crippen LogP contribution in [0.4, 0.5) is 0 Å². The summed E-state index contributed by atoms with van der Waals surface area (Å²) in [6.07, 6.45) is 3.98. The molecule has 0 unspecified atom stereocenters. The van der Waals surface area contributed by atoms with E-state index in [4.69, 9.17) is 5.26 Å². The van der Waals surface area contributed by atoms with Gasteiger partial charge in [0, 0.05) is 13.0 Å². The van der Waals surface area contributed by atoms with Gasteiger partial charge in [0.15, 0.2) is 0 Å². The highest BCUT2D eigenvalue weighted by Gasteiger charge is 2.14. The summed E-state index contributed by atoms with van der Waals surface area (Å²) in [7, 11) is 0. The third-order valence-corrected chi connectivity index (χ3v) is 2.83. The van der Waals surface area contributed by atoms with E-state index in [0.717, 1.165) is 5.82 Å². The molecule has 0 radical (unpaired) electrons. The van der Waals surface area contributed by atoms with E-state index < -0.39 is 0 Å². The summed E-state index contributed by atoms with van der Waals surface area (Å²) in [5.74, 6) is 0.744. The van der Waals surface area contributed by atoms with Crippen molar-refractivity contribution in [2.75, 3.05) is 0 Å². The van der Waals surface area contributed by atoms with E-state index >= 15 is 0 Å². The molecule has 5 heteroatoms. The van der Waals surface area contributed by atoms with Gasteiger partial charge >= 0.3 is 0 Å². The van der Waals surface area contributed by atoms with Gasteiger partial charge in [-0.1, -0.05) is 11.8 Å². The highest BCUT2D eigenvalue weighted by atomic mass is 16.3. The molecule has 0 fully saturated rings. The van der Waals surface area contributed by atoms with Crippen molar-refractivity contribution in [1.29, 1.82) is 5.26 Å². The van der Waals surface area contributed by atoms with Crippen LogP contribution in [0.25, 0.3) is 5.69 Å². The number of rotatable bonds is 3. The maximum absolute atomic E-state index is 11.8. The Kier molecular flexibility index (Phi) is 3.20. The van der Waals surface area contributed by atoms with Gasteiger partial charge in [-0.3, -0.25) is 0 Å². The number of aryl methyl sites for hydroxylation is 1. The first-order valence-electron chi connectivity index (χ1n) is 5.58. The number of aromatic nitrogens is 2. The molecule has 18 heavy (non-hydrogen) atoms. The van der Waals surface area contributed by atoms with Crippen LogP contribution in [0.3, 0.4) is 0 Å². The predicted molar refractivity (Wildman–Crippen MR) is 62.0 cm³/mol. The molecule has 0 saturated heterocycles. The first-order chi connectivity index (χ1) is 8.63. The number of benzene rings is 1. The SMILES string of the molecule is Cc1n(-c2cc(O)ccc2[O-])cc[n+]1CCC#N. The molecule has 0 amide bonds. The van der Waals surface area contributed by atoms with Crippen LogP contribution in [-0.2, 0) is 6.54 Å². The second-order valence-corrected chi connectivity index (χ2v) is 3.97. The zero-order chi connectivity index (χ0) is 13.1. The van der Waals surface area contributed by atoms with E-state index in [0.29, 0.717) is 18.7 Å². The predicted octanol–water partition coefficient (Wildman–Crippen LogP) is 0.766. The summed E-state index contributed by atoms with van der Waals surface area (Å²) in [5.41, 5.74) is 0.406. The Bertz CT molecular complexity index is 611. The van der Waals surface area contributed by atoms with Crippen LogP contribution in [0.5, 0.6) is 11.5 Å². The van der Waals surface area contributed by atoms with Gasteiger partial charge < -0.3 is 10.2 Å². The fraction of sp³-hybridized carbons (Fsp3) is 0.231. The van der Waals surface area contributed by atoms with Crippen molar-refractivity contribution >= 4 is 0 Å². The fourth-order valence-electron chi connectivity index (χ4n) is 1.86. The van der Waals surface area contributed by atoms with Crippen LogP contribution in [0.2, 0.25) is 0 Å². The highest BCUT2D eigenvalue weighted by Crippen LogP contribution is 2.24. The molecule has 0 bridgehead atoms. The molecule has 2 aromatic rings. The van der Waals surface area contributed by atoms with Crippen molar-refractivity contribution in [3.63, 3.8) is 0 Å². The molecule has 0 aliphatic carbocycles. The Labute approximate surface area is 105 Å². The van der Waals surface area contributed by atoms with Crippen molar-refractivity contribution in [2.24, 2.45) is 0 Å². The minimum absolute atomic E-state index is 0.0567. The summed E-state index contributed by atoms with van der Waals surface area (Å²) < 4.78 is 3.60. The molecule has 1 N–H and O–H groups in total. The standard InChI is InChI=1S/C13H13N3O2/c1-10-15(6-2-5-14)7-8-16(10)12-9-11(17)3-4-13(12)18/h3-4,7-9H,2,6H2,1H3,(H-,17,18). The van der Waals surface area contributed by atoms with E-state index in [2.05, 4.69) is 6.07 Å². The summed E-state index contributed by atoms with van der Waals surface area (Å²) in [6, 6.07) is 6.22. The smallest absolute Gasteiger partial charge is 0.258 e. The van der Waals surface area contributed by atoms with Crippen LogP contribution in [0.1, 0.15) is 12.2 Å². The van der Waals surface area contributed by atoms with Gasteiger partial charge in [0.05, 0.1) is 12.5 Å². The molecule has 0 spiro atoms. The van der Waals surface area contributed by atoms with Gasteiger partial charge in [-0.25, -0.2) is 9.13 Å². The largest absolute Gasteiger partial charge is 0.870 e. The van der Waals surface area contributed by atoms with E-state index in [1.165, 1.54) is 18.2 Å². The zero-order valence-corrected chi connectivity index (χ0v) is 10.00. The summed E-state index contributed by atoms with van der Waals surface area (Å²) in [6.45, 7) is 2.45. The molecule has 0 saturated carbocycles. The maximum atomic E-state index is 11.8. The topological polar surface area (TPSA) is 75.9 Å². The van der Waals surface area contributed by atoms with Gasteiger partial charge in [-0.05, 0) is 6.07 Å². The summed E-state index contributed by atoms with van der Waals surface area (Å²) in [4.78, 5) is 0. The van der Waals surface area contributed by atoms with E-state index in [1.54, 1.807) is 10.8 Å². The summed E-state index contributed by atoms with van der Waals surface area (Å²) >= 11 is 0. The molecule has 1 aromatic heterocycles. The lowest BCUT2D eigenvalue weighted by molar-refractivity contribution is -0.701. The van der Waals surface area contributed by atoms with Gasteiger partial charge in [-0.15, -0.1) is 0 Å². The average Bonchev–Trinajstić information content (AvgIpc) is 2.71. The van der Waals surface area contributed by atoms with Crippen LogP contribution < -0.4 is 9.67 Å². The average molecular weight is 243 g/mol. The Balaban J connectivity index is 2.43. The van der Waals surface area contributed by atoms with Crippen LogP contribution in [0, 0.1) is 18.3 Å². The number of phenols is 1. The van der Waals surface area contributed by atoms with Gasteiger partial charge in [0.1, 0.15) is 30.4 Å². The van der Waals surface area contributed by atoms with Crippen LogP contribution in [-0.4, -0.2) is 9.67 Å². The molecule has 2 rings (SSSR count). The van der Waals surface area contributed by atoms with E-state index in [9.17, 15) is 10.2 Å². The molecule has 0 aliphatic heterocycles. The third kappa shape index (κ3) is 2.13. The molecule has 5 nitrogen and oxygen atoms in total. The number of aromatic hydroxyl groups is 1. The molecule has 0 atom stereocenters. The van der Waals surface area contributed by atoms with Crippen molar-refractivity contribution < 1.29 is 14.8 Å². The number of imidazole rings is 1. The second kappa shape index (κ2) is 4.80.